The molecule has 3 rings (SSSR count). The number of carbonyl (C=O) groups is 1. The van der Waals surface area contributed by atoms with Crippen LogP contribution in [0.3, 0.4) is 0 Å². The second-order valence-corrected chi connectivity index (χ2v) is 5.43. The molecule has 0 radical (unpaired) electrons. The Balaban J connectivity index is 1.63. The van der Waals surface area contributed by atoms with E-state index < -0.39 is 0 Å². The number of methoxy groups -OCH3 is 1. The number of amides is 2. The summed E-state index contributed by atoms with van der Waals surface area (Å²) in [4.78, 5) is 11.8. The largest absolute Gasteiger partial charge is 0.385 e. The molecule has 0 bridgehead atoms. The zero-order chi connectivity index (χ0) is 15.4. The van der Waals surface area contributed by atoms with Crippen molar-refractivity contribution in [1.29, 1.82) is 0 Å². The summed E-state index contributed by atoms with van der Waals surface area (Å²) in [6.07, 6.45) is 1.74. The highest BCUT2D eigenvalue weighted by atomic mass is 16.5. The lowest BCUT2D eigenvalue weighted by Gasteiger charge is -2.09. The van der Waals surface area contributed by atoms with Gasteiger partial charge in [-0.05, 0) is 47.2 Å². The molecule has 114 valence electrons. The molecule has 0 saturated heterocycles. The van der Waals surface area contributed by atoms with E-state index in [1.807, 2.05) is 6.07 Å². The topological polar surface area (TPSA) is 50.4 Å². The lowest BCUT2D eigenvalue weighted by Crippen LogP contribution is -2.30. The molecule has 0 saturated carbocycles. The summed E-state index contributed by atoms with van der Waals surface area (Å²) in [5.41, 5.74) is 6.00. The second-order valence-electron chi connectivity index (χ2n) is 5.43. The van der Waals surface area contributed by atoms with Crippen molar-refractivity contribution in [2.24, 2.45) is 0 Å². The molecule has 0 atom stereocenters. The summed E-state index contributed by atoms with van der Waals surface area (Å²) >= 11 is 0. The van der Waals surface area contributed by atoms with Gasteiger partial charge in [-0.3, -0.25) is 0 Å². The molecule has 4 heteroatoms. The number of nitrogens with one attached hydrogen (secondary N) is 2. The van der Waals surface area contributed by atoms with Crippen LogP contribution < -0.4 is 10.6 Å². The number of rotatable bonds is 5. The van der Waals surface area contributed by atoms with Gasteiger partial charge >= 0.3 is 6.03 Å². The van der Waals surface area contributed by atoms with Gasteiger partial charge in [-0.2, -0.15) is 0 Å². The van der Waals surface area contributed by atoms with Crippen LogP contribution in [0.5, 0.6) is 0 Å². The maximum absolute atomic E-state index is 11.8. The molecule has 2 N–H and O–H groups in total. The van der Waals surface area contributed by atoms with Crippen LogP contribution in [-0.2, 0) is 11.2 Å². The third kappa shape index (κ3) is 3.12. The quantitative estimate of drug-likeness (QED) is 0.709. The number of hydrogen-bond acceptors (Lipinski definition) is 2. The molecule has 0 unspecified atom stereocenters. The van der Waals surface area contributed by atoms with Gasteiger partial charge in [0.1, 0.15) is 0 Å². The Morgan fingerprint density at radius 3 is 2.82 bits per heavy atom. The molecule has 2 amide bonds. The minimum Gasteiger partial charge on any atom is -0.385 e. The first-order valence-corrected chi connectivity index (χ1v) is 7.53. The average molecular weight is 296 g/mol. The molecule has 0 aliphatic heterocycles. The zero-order valence-electron chi connectivity index (χ0n) is 12.7. The molecule has 1 aliphatic carbocycles. The first-order chi connectivity index (χ1) is 10.8. The van der Waals surface area contributed by atoms with E-state index in [1.165, 1.54) is 22.3 Å². The van der Waals surface area contributed by atoms with Gasteiger partial charge in [-0.15, -0.1) is 0 Å². The first kappa shape index (κ1) is 14.6. The molecule has 0 spiro atoms. The first-order valence-electron chi connectivity index (χ1n) is 7.53. The van der Waals surface area contributed by atoms with E-state index in [1.54, 1.807) is 7.11 Å². The third-order valence-corrected chi connectivity index (χ3v) is 3.86. The fraction of sp³-hybridized carbons (Fsp3) is 0.278. The van der Waals surface area contributed by atoms with Crippen LogP contribution in [0.1, 0.15) is 17.5 Å². The van der Waals surface area contributed by atoms with Crippen molar-refractivity contribution in [3.05, 3.63) is 53.6 Å². The Kier molecular flexibility index (Phi) is 4.39. The molecule has 2 aromatic carbocycles. The normalized spacial score (nSPS) is 11.7. The van der Waals surface area contributed by atoms with Gasteiger partial charge in [0.15, 0.2) is 0 Å². The Morgan fingerprint density at radius 2 is 1.95 bits per heavy atom. The summed E-state index contributed by atoms with van der Waals surface area (Å²) in [5.74, 6) is 0. The summed E-state index contributed by atoms with van der Waals surface area (Å²) in [5, 5.41) is 5.71. The van der Waals surface area contributed by atoms with Gasteiger partial charge in [0.05, 0.1) is 0 Å². The van der Waals surface area contributed by atoms with Crippen LogP contribution in [0.15, 0.2) is 42.5 Å². The predicted molar refractivity (Wildman–Crippen MR) is 88.2 cm³/mol. The van der Waals surface area contributed by atoms with Crippen LogP contribution >= 0.6 is 0 Å². The van der Waals surface area contributed by atoms with Gasteiger partial charge in [-0.25, -0.2) is 4.79 Å². The van der Waals surface area contributed by atoms with Crippen LogP contribution in [0, 0.1) is 0 Å². The van der Waals surface area contributed by atoms with Gasteiger partial charge in [0.25, 0.3) is 0 Å². The number of carbonyl (C=O) groups excluding carboxylic acids is 1. The fourth-order valence-corrected chi connectivity index (χ4v) is 2.82. The van der Waals surface area contributed by atoms with Gasteiger partial charge in [0.2, 0.25) is 0 Å². The minimum absolute atomic E-state index is 0.174. The van der Waals surface area contributed by atoms with Crippen LogP contribution in [0.25, 0.3) is 11.1 Å². The van der Waals surface area contributed by atoms with Crippen molar-refractivity contribution in [1.82, 2.24) is 5.32 Å². The molecular weight excluding hydrogens is 276 g/mol. The molecule has 22 heavy (non-hydrogen) atoms. The summed E-state index contributed by atoms with van der Waals surface area (Å²) < 4.78 is 4.95. The Labute approximate surface area is 130 Å². The van der Waals surface area contributed by atoms with E-state index in [0.29, 0.717) is 13.2 Å². The second kappa shape index (κ2) is 6.62. The molecule has 2 aromatic rings. The highest BCUT2D eigenvalue weighted by Gasteiger charge is 2.18. The smallest absolute Gasteiger partial charge is 0.319 e. The average Bonchev–Trinajstić information content (AvgIpc) is 2.89. The predicted octanol–water partition coefficient (Wildman–Crippen LogP) is 3.42. The third-order valence-electron chi connectivity index (χ3n) is 3.86. The molecule has 1 aliphatic rings. The number of urea groups is 1. The lowest BCUT2D eigenvalue weighted by molar-refractivity contribution is 0.194. The zero-order valence-corrected chi connectivity index (χ0v) is 12.7. The van der Waals surface area contributed by atoms with Crippen LogP contribution in [0.4, 0.5) is 10.5 Å². The molecule has 4 nitrogen and oxygen atoms in total. The van der Waals surface area contributed by atoms with Crippen molar-refractivity contribution in [2.75, 3.05) is 25.6 Å². The SMILES string of the molecule is COCCCNC(=O)Nc1ccc2c(c1)Cc1ccccc1-2. The molecule has 0 fully saturated rings. The van der Waals surface area contributed by atoms with E-state index >= 15 is 0 Å². The maximum Gasteiger partial charge on any atom is 0.319 e. The Morgan fingerprint density at radius 1 is 1.14 bits per heavy atom. The van der Waals surface area contributed by atoms with Crippen LogP contribution in [0.2, 0.25) is 0 Å². The maximum atomic E-state index is 11.8. The highest BCUT2D eigenvalue weighted by Crippen LogP contribution is 2.37. The van der Waals surface area contributed by atoms with Crippen molar-refractivity contribution in [2.45, 2.75) is 12.8 Å². The van der Waals surface area contributed by atoms with Crippen LogP contribution in [-0.4, -0.2) is 26.3 Å². The highest BCUT2D eigenvalue weighted by molar-refractivity contribution is 5.90. The fourth-order valence-electron chi connectivity index (χ4n) is 2.82. The van der Waals surface area contributed by atoms with Gasteiger partial charge in [0, 0.05) is 25.9 Å². The number of hydrogen-bond donors (Lipinski definition) is 2. The van der Waals surface area contributed by atoms with Crippen molar-refractivity contribution in [3.8, 4) is 11.1 Å². The molecule has 0 heterocycles. The number of anilines is 1. The molecular formula is C18H20N2O2. The lowest BCUT2D eigenvalue weighted by atomic mass is 10.1. The number of fused-ring (bicyclic) bond motifs is 3. The Bertz CT molecular complexity index is 683. The molecule has 0 aromatic heterocycles. The Hall–Kier alpha value is -2.33. The van der Waals surface area contributed by atoms with E-state index in [0.717, 1.165) is 18.5 Å². The van der Waals surface area contributed by atoms with E-state index in [2.05, 4.69) is 47.0 Å². The van der Waals surface area contributed by atoms with E-state index in [-0.39, 0.29) is 6.03 Å². The number of ether oxygens (including phenoxy) is 1. The van der Waals surface area contributed by atoms with Crippen molar-refractivity contribution >= 4 is 11.7 Å². The summed E-state index contributed by atoms with van der Waals surface area (Å²) in [6, 6.07) is 14.4. The standard InChI is InChI=1S/C18H20N2O2/c1-22-10-4-9-19-18(21)20-15-7-8-17-14(12-15)11-13-5-2-3-6-16(13)17/h2-3,5-8,12H,4,9-11H2,1H3,(H2,19,20,21). The minimum atomic E-state index is -0.174. The number of benzene rings is 2. The van der Waals surface area contributed by atoms with Gasteiger partial charge < -0.3 is 15.4 Å². The van der Waals surface area contributed by atoms with Crippen molar-refractivity contribution < 1.29 is 9.53 Å². The van der Waals surface area contributed by atoms with Gasteiger partial charge in [-0.1, -0.05) is 30.3 Å². The van der Waals surface area contributed by atoms with E-state index in [9.17, 15) is 4.79 Å². The van der Waals surface area contributed by atoms with E-state index in [4.69, 9.17) is 4.74 Å². The summed E-state index contributed by atoms with van der Waals surface area (Å²) in [7, 11) is 1.66. The monoisotopic (exact) mass is 296 g/mol. The van der Waals surface area contributed by atoms with Crippen molar-refractivity contribution in [3.63, 3.8) is 0 Å². The summed E-state index contributed by atoms with van der Waals surface area (Å²) in [6.45, 7) is 1.26.